The van der Waals surface area contributed by atoms with Crippen molar-refractivity contribution in [3.05, 3.63) is 42.6 Å². The quantitative estimate of drug-likeness (QED) is 0.728. The fourth-order valence-electron chi connectivity index (χ4n) is 3.21. The SMILES string of the molecule is Cc1cc(-c2cn(C3CCOCC3)c3cnccc23)cnn1. The minimum Gasteiger partial charge on any atom is -0.381 e. The number of rotatable bonds is 2. The van der Waals surface area contributed by atoms with Crippen LogP contribution in [0.1, 0.15) is 24.6 Å². The molecule has 0 unspecified atom stereocenters. The number of fused-ring (bicyclic) bond motifs is 1. The van der Waals surface area contributed by atoms with E-state index in [1.54, 1.807) is 0 Å². The lowest BCUT2D eigenvalue weighted by atomic mass is 10.1. The summed E-state index contributed by atoms with van der Waals surface area (Å²) < 4.78 is 7.85. The Labute approximate surface area is 129 Å². The van der Waals surface area contributed by atoms with Gasteiger partial charge in [-0.2, -0.15) is 10.2 Å². The van der Waals surface area contributed by atoms with Crippen LogP contribution >= 0.6 is 0 Å². The van der Waals surface area contributed by atoms with Crippen LogP contribution < -0.4 is 0 Å². The summed E-state index contributed by atoms with van der Waals surface area (Å²) in [5.74, 6) is 0. The minimum absolute atomic E-state index is 0.477. The average Bonchev–Trinajstić information content (AvgIpc) is 2.95. The Morgan fingerprint density at radius 2 is 2.09 bits per heavy atom. The van der Waals surface area contributed by atoms with Crippen LogP contribution in [0.2, 0.25) is 0 Å². The Bertz CT molecular complexity index is 805. The van der Waals surface area contributed by atoms with Crippen molar-refractivity contribution >= 4 is 10.9 Å². The van der Waals surface area contributed by atoms with Gasteiger partial charge in [0.25, 0.3) is 0 Å². The zero-order chi connectivity index (χ0) is 14.9. The molecule has 4 rings (SSSR count). The predicted molar refractivity (Wildman–Crippen MR) is 84.6 cm³/mol. The molecule has 3 aromatic heterocycles. The maximum atomic E-state index is 5.49. The van der Waals surface area contributed by atoms with Gasteiger partial charge in [0.1, 0.15) is 0 Å². The van der Waals surface area contributed by atoms with E-state index in [0.717, 1.165) is 37.3 Å². The molecule has 112 valence electrons. The Morgan fingerprint density at radius 1 is 1.23 bits per heavy atom. The summed E-state index contributed by atoms with van der Waals surface area (Å²) in [7, 11) is 0. The van der Waals surface area contributed by atoms with E-state index in [9.17, 15) is 0 Å². The van der Waals surface area contributed by atoms with E-state index in [2.05, 4.69) is 38.1 Å². The number of pyridine rings is 1. The van der Waals surface area contributed by atoms with E-state index < -0.39 is 0 Å². The Morgan fingerprint density at radius 3 is 2.91 bits per heavy atom. The third kappa shape index (κ3) is 2.27. The van der Waals surface area contributed by atoms with Gasteiger partial charge in [0.2, 0.25) is 0 Å². The molecule has 0 bridgehead atoms. The lowest BCUT2D eigenvalue weighted by Gasteiger charge is -2.24. The Balaban J connectivity index is 1.88. The zero-order valence-electron chi connectivity index (χ0n) is 12.6. The number of aryl methyl sites for hydroxylation is 1. The third-order valence-electron chi connectivity index (χ3n) is 4.31. The average molecular weight is 294 g/mol. The van der Waals surface area contributed by atoms with Crippen molar-refractivity contribution in [2.24, 2.45) is 0 Å². The van der Waals surface area contributed by atoms with E-state index in [4.69, 9.17) is 4.74 Å². The lowest BCUT2D eigenvalue weighted by Crippen LogP contribution is -2.18. The van der Waals surface area contributed by atoms with Gasteiger partial charge in [-0.25, -0.2) is 0 Å². The van der Waals surface area contributed by atoms with Gasteiger partial charge >= 0.3 is 0 Å². The van der Waals surface area contributed by atoms with E-state index >= 15 is 0 Å². The van der Waals surface area contributed by atoms with Crippen molar-refractivity contribution in [1.82, 2.24) is 19.7 Å². The van der Waals surface area contributed by atoms with Gasteiger partial charge in [0.15, 0.2) is 0 Å². The molecule has 1 aliphatic heterocycles. The molecule has 0 N–H and O–H groups in total. The highest BCUT2D eigenvalue weighted by Crippen LogP contribution is 2.34. The van der Waals surface area contributed by atoms with Crippen molar-refractivity contribution in [2.75, 3.05) is 13.2 Å². The van der Waals surface area contributed by atoms with Gasteiger partial charge in [-0.15, -0.1) is 0 Å². The molecule has 0 atom stereocenters. The monoisotopic (exact) mass is 294 g/mol. The summed E-state index contributed by atoms with van der Waals surface area (Å²) in [6.45, 7) is 3.63. The van der Waals surface area contributed by atoms with Crippen LogP contribution in [0.5, 0.6) is 0 Å². The molecular formula is C17H18N4O. The minimum atomic E-state index is 0.477. The molecule has 0 radical (unpaired) electrons. The van der Waals surface area contributed by atoms with Gasteiger partial charge in [-0.3, -0.25) is 4.98 Å². The Hall–Kier alpha value is -2.27. The standard InChI is InChI=1S/C17H18N4O/c1-12-8-13(9-19-20-12)16-11-21(14-3-6-22-7-4-14)17-10-18-5-2-15(16)17/h2,5,8-11,14H,3-4,6-7H2,1H3. The van der Waals surface area contributed by atoms with Crippen molar-refractivity contribution in [2.45, 2.75) is 25.8 Å². The predicted octanol–water partition coefficient (Wildman–Crippen LogP) is 3.15. The second-order valence-corrected chi connectivity index (χ2v) is 5.77. The van der Waals surface area contributed by atoms with E-state index in [-0.39, 0.29) is 0 Å². The van der Waals surface area contributed by atoms with Crippen molar-refractivity contribution in [1.29, 1.82) is 0 Å². The summed E-state index contributed by atoms with van der Waals surface area (Å²) in [5.41, 5.74) is 4.41. The van der Waals surface area contributed by atoms with Gasteiger partial charge < -0.3 is 9.30 Å². The molecule has 4 heterocycles. The summed E-state index contributed by atoms with van der Waals surface area (Å²) in [5, 5.41) is 9.37. The molecule has 3 aromatic rings. The molecule has 1 saturated heterocycles. The lowest BCUT2D eigenvalue weighted by molar-refractivity contribution is 0.0707. The van der Waals surface area contributed by atoms with Crippen LogP contribution in [0.3, 0.4) is 0 Å². The van der Waals surface area contributed by atoms with Crippen molar-refractivity contribution in [3.63, 3.8) is 0 Å². The first-order valence-electron chi connectivity index (χ1n) is 7.65. The largest absolute Gasteiger partial charge is 0.381 e. The molecule has 0 spiro atoms. The van der Waals surface area contributed by atoms with Crippen molar-refractivity contribution in [3.8, 4) is 11.1 Å². The zero-order valence-corrected chi connectivity index (χ0v) is 12.6. The maximum absolute atomic E-state index is 5.49. The van der Waals surface area contributed by atoms with E-state index in [0.29, 0.717) is 6.04 Å². The Kier molecular flexibility index (Phi) is 3.35. The summed E-state index contributed by atoms with van der Waals surface area (Å²) in [4.78, 5) is 4.31. The molecule has 5 heteroatoms. The summed E-state index contributed by atoms with van der Waals surface area (Å²) >= 11 is 0. The van der Waals surface area contributed by atoms with E-state index in [1.165, 1.54) is 16.5 Å². The molecule has 0 aliphatic carbocycles. The van der Waals surface area contributed by atoms with Crippen LogP contribution in [0.25, 0.3) is 22.0 Å². The molecule has 0 saturated carbocycles. The van der Waals surface area contributed by atoms with Crippen LogP contribution in [-0.2, 0) is 4.74 Å². The third-order valence-corrected chi connectivity index (χ3v) is 4.31. The first-order valence-corrected chi connectivity index (χ1v) is 7.65. The molecular weight excluding hydrogens is 276 g/mol. The van der Waals surface area contributed by atoms with Crippen LogP contribution in [0.4, 0.5) is 0 Å². The van der Waals surface area contributed by atoms with Gasteiger partial charge in [-0.1, -0.05) is 0 Å². The second-order valence-electron chi connectivity index (χ2n) is 5.77. The molecule has 0 amide bonds. The number of hydrogen-bond acceptors (Lipinski definition) is 4. The van der Waals surface area contributed by atoms with Crippen LogP contribution in [0.15, 0.2) is 36.9 Å². The number of ether oxygens (including phenoxy) is 1. The van der Waals surface area contributed by atoms with Gasteiger partial charge in [-0.05, 0) is 31.9 Å². The van der Waals surface area contributed by atoms with Crippen molar-refractivity contribution < 1.29 is 4.74 Å². The fraction of sp³-hybridized carbons (Fsp3) is 0.353. The van der Waals surface area contributed by atoms with E-state index in [1.807, 2.05) is 25.5 Å². The highest BCUT2D eigenvalue weighted by atomic mass is 16.5. The number of nitrogens with zero attached hydrogens (tertiary/aromatic N) is 4. The molecule has 1 fully saturated rings. The smallest absolute Gasteiger partial charge is 0.0675 e. The van der Waals surface area contributed by atoms with Crippen LogP contribution in [0, 0.1) is 6.92 Å². The summed E-state index contributed by atoms with van der Waals surface area (Å²) in [6.07, 6.45) is 9.96. The molecule has 5 nitrogen and oxygen atoms in total. The normalized spacial score (nSPS) is 16.2. The topological polar surface area (TPSA) is 52.8 Å². The first kappa shape index (κ1) is 13.4. The second kappa shape index (κ2) is 5.50. The molecule has 0 aromatic carbocycles. The van der Waals surface area contributed by atoms with Crippen LogP contribution in [-0.4, -0.2) is 33.0 Å². The highest BCUT2D eigenvalue weighted by Gasteiger charge is 2.20. The van der Waals surface area contributed by atoms with Gasteiger partial charge in [0.05, 0.1) is 23.6 Å². The highest BCUT2D eigenvalue weighted by molar-refractivity contribution is 5.95. The fourth-order valence-corrected chi connectivity index (χ4v) is 3.21. The molecule has 1 aliphatic rings. The van der Waals surface area contributed by atoms with Gasteiger partial charge in [0, 0.05) is 48.2 Å². The molecule has 22 heavy (non-hydrogen) atoms. The number of aromatic nitrogens is 4. The first-order chi connectivity index (χ1) is 10.8. The number of hydrogen-bond donors (Lipinski definition) is 0. The summed E-state index contributed by atoms with van der Waals surface area (Å²) in [6, 6.07) is 4.64. The maximum Gasteiger partial charge on any atom is 0.0675 e.